The van der Waals surface area contributed by atoms with Crippen LogP contribution >= 0.6 is 0 Å². The smallest absolute Gasteiger partial charge is 0.318 e. The molecule has 2 N–H and O–H groups in total. The van der Waals surface area contributed by atoms with Gasteiger partial charge in [-0.1, -0.05) is 49.4 Å². The highest BCUT2D eigenvalue weighted by molar-refractivity contribution is 6.39. The van der Waals surface area contributed by atoms with Gasteiger partial charge in [0.1, 0.15) is 0 Å². The molecule has 22 heavy (non-hydrogen) atoms. The van der Waals surface area contributed by atoms with E-state index in [9.17, 15) is 9.59 Å². The second-order valence-corrected chi connectivity index (χ2v) is 4.61. The molecule has 5 nitrogen and oxygen atoms in total. The Morgan fingerprint density at radius 3 is 2.32 bits per heavy atom. The van der Waals surface area contributed by atoms with Crippen molar-refractivity contribution in [3.8, 4) is 0 Å². The Kier molecular flexibility index (Phi) is 5.43. The van der Waals surface area contributed by atoms with Crippen molar-refractivity contribution in [1.29, 1.82) is 0 Å². The second kappa shape index (κ2) is 7.73. The number of carbonyl (C=O) groups is 2. The Morgan fingerprint density at radius 2 is 1.68 bits per heavy atom. The van der Waals surface area contributed by atoms with Crippen molar-refractivity contribution in [3.63, 3.8) is 0 Å². The lowest BCUT2D eigenvalue weighted by Gasteiger charge is -2.04. The fraction of sp³-hybridized carbons (Fsp3) is 0.118. The fourth-order valence-corrected chi connectivity index (χ4v) is 1.77. The molecular weight excluding hydrogens is 278 g/mol. The predicted octanol–water partition coefficient (Wildman–Crippen LogP) is 2.34. The molecule has 0 radical (unpaired) electrons. The van der Waals surface area contributed by atoms with E-state index in [0.717, 1.165) is 17.5 Å². The first kappa shape index (κ1) is 15.4. The van der Waals surface area contributed by atoms with Crippen LogP contribution in [0.1, 0.15) is 18.1 Å². The molecule has 0 aliphatic carbocycles. The van der Waals surface area contributed by atoms with Gasteiger partial charge >= 0.3 is 11.8 Å². The minimum absolute atomic E-state index is 0.574. The summed E-state index contributed by atoms with van der Waals surface area (Å²) in [5.74, 6) is -1.57. The number of anilines is 1. The molecule has 2 amide bonds. The molecule has 0 spiro atoms. The standard InChI is InChI=1S/C17H17N3O2/c1-2-13-8-10-15(11-9-13)19-16(21)17(22)20-18-12-14-6-4-3-5-7-14/h3-12H,2H2,1H3,(H,19,21)(H,20,22)/b18-12-. The van der Waals surface area contributed by atoms with Crippen molar-refractivity contribution >= 4 is 23.7 Å². The highest BCUT2D eigenvalue weighted by Crippen LogP contribution is 2.09. The number of nitrogens with one attached hydrogen (secondary N) is 2. The molecule has 0 unspecified atom stereocenters. The SMILES string of the molecule is CCc1ccc(NC(=O)C(=O)N/N=C\c2ccccc2)cc1. The predicted molar refractivity (Wildman–Crippen MR) is 86.6 cm³/mol. The first-order valence-electron chi connectivity index (χ1n) is 6.97. The van der Waals surface area contributed by atoms with Crippen LogP contribution in [0, 0.1) is 0 Å². The molecule has 2 aromatic carbocycles. The zero-order valence-corrected chi connectivity index (χ0v) is 12.2. The summed E-state index contributed by atoms with van der Waals surface area (Å²) in [5.41, 5.74) is 4.76. The van der Waals surface area contributed by atoms with Crippen molar-refractivity contribution in [2.24, 2.45) is 5.10 Å². The molecule has 5 heteroatoms. The van der Waals surface area contributed by atoms with Crippen LogP contribution in [0.3, 0.4) is 0 Å². The van der Waals surface area contributed by atoms with E-state index in [0.29, 0.717) is 5.69 Å². The van der Waals surface area contributed by atoms with E-state index in [4.69, 9.17) is 0 Å². The molecule has 0 saturated carbocycles. The maximum absolute atomic E-state index is 11.7. The number of rotatable bonds is 4. The number of nitrogens with zero attached hydrogens (tertiary/aromatic N) is 1. The number of carbonyl (C=O) groups excluding carboxylic acids is 2. The van der Waals surface area contributed by atoms with E-state index < -0.39 is 11.8 Å². The monoisotopic (exact) mass is 295 g/mol. The van der Waals surface area contributed by atoms with Gasteiger partial charge in [-0.2, -0.15) is 5.10 Å². The molecule has 2 rings (SSSR count). The van der Waals surface area contributed by atoms with Crippen LogP contribution in [0.15, 0.2) is 59.7 Å². The number of hydrogen-bond donors (Lipinski definition) is 2. The van der Waals surface area contributed by atoms with Gasteiger partial charge < -0.3 is 5.32 Å². The van der Waals surface area contributed by atoms with Crippen LogP contribution in [-0.4, -0.2) is 18.0 Å². The Hall–Kier alpha value is -2.95. The van der Waals surface area contributed by atoms with Crippen LogP contribution in [0.25, 0.3) is 0 Å². The van der Waals surface area contributed by atoms with Crippen molar-refractivity contribution in [1.82, 2.24) is 5.43 Å². The van der Waals surface area contributed by atoms with E-state index in [2.05, 4.69) is 15.8 Å². The van der Waals surface area contributed by atoms with E-state index in [-0.39, 0.29) is 0 Å². The normalized spacial score (nSPS) is 10.4. The van der Waals surface area contributed by atoms with E-state index in [1.807, 2.05) is 49.4 Å². The average Bonchev–Trinajstić information content (AvgIpc) is 2.56. The lowest BCUT2D eigenvalue weighted by molar-refractivity contribution is -0.136. The van der Waals surface area contributed by atoms with E-state index in [1.165, 1.54) is 6.21 Å². The van der Waals surface area contributed by atoms with Crippen LogP contribution < -0.4 is 10.7 Å². The number of amides is 2. The van der Waals surface area contributed by atoms with Gasteiger partial charge in [0, 0.05) is 5.69 Å². The Balaban J connectivity index is 1.86. The summed E-state index contributed by atoms with van der Waals surface area (Å²) in [6.45, 7) is 2.05. The summed E-state index contributed by atoms with van der Waals surface area (Å²) in [5, 5.41) is 6.26. The lowest BCUT2D eigenvalue weighted by Crippen LogP contribution is -2.32. The molecule has 0 bridgehead atoms. The zero-order valence-electron chi connectivity index (χ0n) is 12.2. The van der Waals surface area contributed by atoms with Gasteiger partial charge in [0.05, 0.1) is 6.21 Å². The molecule has 0 aliphatic heterocycles. The van der Waals surface area contributed by atoms with Crippen molar-refractivity contribution in [2.45, 2.75) is 13.3 Å². The van der Waals surface area contributed by atoms with Gasteiger partial charge in [0.2, 0.25) is 0 Å². The van der Waals surface area contributed by atoms with Crippen molar-refractivity contribution in [3.05, 3.63) is 65.7 Å². The molecule has 2 aromatic rings. The first-order valence-corrected chi connectivity index (χ1v) is 6.97. The lowest BCUT2D eigenvalue weighted by atomic mass is 10.1. The van der Waals surface area contributed by atoms with Gasteiger partial charge in [-0.25, -0.2) is 5.43 Å². The average molecular weight is 295 g/mol. The van der Waals surface area contributed by atoms with Crippen molar-refractivity contribution in [2.75, 3.05) is 5.32 Å². The zero-order chi connectivity index (χ0) is 15.8. The third-order valence-electron chi connectivity index (χ3n) is 3.01. The van der Waals surface area contributed by atoms with Gasteiger partial charge in [-0.3, -0.25) is 9.59 Å². The minimum Gasteiger partial charge on any atom is -0.318 e. The summed E-state index contributed by atoms with van der Waals surface area (Å²) in [6.07, 6.45) is 2.39. The van der Waals surface area contributed by atoms with Crippen LogP contribution in [0.4, 0.5) is 5.69 Å². The molecule has 0 heterocycles. The highest BCUT2D eigenvalue weighted by Gasteiger charge is 2.12. The van der Waals surface area contributed by atoms with Gasteiger partial charge in [-0.15, -0.1) is 0 Å². The molecule has 0 aliphatic rings. The third-order valence-corrected chi connectivity index (χ3v) is 3.01. The fourth-order valence-electron chi connectivity index (χ4n) is 1.77. The molecule has 0 saturated heterocycles. The number of hydrogen-bond acceptors (Lipinski definition) is 3. The minimum atomic E-state index is -0.813. The topological polar surface area (TPSA) is 70.6 Å². The quantitative estimate of drug-likeness (QED) is 0.516. The summed E-state index contributed by atoms with van der Waals surface area (Å²) in [7, 11) is 0. The largest absolute Gasteiger partial charge is 0.329 e. The Morgan fingerprint density at radius 1 is 1.00 bits per heavy atom. The van der Waals surface area contributed by atoms with E-state index >= 15 is 0 Å². The maximum atomic E-state index is 11.7. The summed E-state index contributed by atoms with van der Waals surface area (Å²) < 4.78 is 0. The molecule has 0 atom stereocenters. The second-order valence-electron chi connectivity index (χ2n) is 4.61. The summed E-state index contributed by atoms with van der Waals surface area (Å²) >= 11 is 0. The first-order chi connectivity index (χ1) is 10.7. The maximum Gasteiger partial charge on any atom is 0.329 e. The summed E-state index contributed by atoms with van der Waals surface area (Å²) in [4.78, 5) is 23.3. The van der Waals surface area contributed by atoms with Crippen LogP contribution in [0.5, 0.6) is 0 Å². The molecular formula is C17H17N3O2. The van der Waals surface area contributed by atoms with Gasteiger partial charge in [0.15, 0.2) is 0 Å². The third kappa shape index (κ3) is 4.56. The molecule has 0 fully saturated rings. The number of hydrazone groups is 1. The van der Waals surface area contributed by atoms with E-state index in [1.54, 1.807) is 12.1 Å². The van der Waals surface area contributed by atoms with Crippen molar-refractivity contribution < 1.29 is 9.59 Å². The van der Waals surface area contributed by atoms with Gasteiger partial charge in [-0.05, 0) is 29.7 Å². The highest BCUT2D eigenvalue weighted by atomic mass is 16.2. The molecule has 0 aromatic heterocycles. The van der Waals surface area contributed by atoms with Gasteiger partial charge in [0.25, 0.3) is 0 Å². The van der Waals surface area contributed by atoms with Crippen LogP contribution in [-0.2, 0) is 16.0 Å². The Bertz CT molecular complexity index is 664. The van der Waals surface area contributed by atoms with Crippen LogP contribution in [0.2, 0.25) is 0 Å². The molecule has 112 valence electrons. The summed E-state index contributed by atoms with van der Waals surface area (Å²) in [6, 6.07) is 16.6. The number of aryl methyl sites for hydroxylation is 1. The number of benzene rings is 2. The Labute approximate surface area is 129 Å².